The average Bonchev–Trinajstić information content (AvgIpc) is 2.64. The summed E-state index contributed by atoms with van der Waals surface area (Å²) in [5.41, 5.74) is -1.26. The van der Waals surface area contributed by atoms with Crippen molar-refractivity contribution in [1.82, 2.24) is 25.0 Å². The van der Waals surface area contributed by atoms with Gasteiger partial charge in [0, 0.05) is 11.1 Å². The first kappa shape index (κ1) is 18.1. The van der Waals surface area contributed by atoms with Gasteiger partial charge in [0.25, 0.3) is 11.1 Å². The topological polar surface area (TPSA) is 147 Å². The van der Waals surface area contributed by atoms with Gasteiger partial charge >= 0.3 is 5.69 Å². The van der Waals surface area contributed by atoms with Gasteiger partial charge in [-0.15, -0.1) is 10.2 Å². The minimum atomic E-state index is -0.875. The fourth-order valence-corrected chi connectivity index (χ4v) is 2.37. The van der Waals surface area contributed by atoms with E-state index in [1.54, 1.807) is 19.9 Å². The molecule has 0 aliphatic rings. The lowest BCUT2D eigenvalue weighted by molar-refractivity contribution is 0.449. The number of rotatable bonds is 3. The predicted octanol–water partition coefficient (Wildman–Crippen LogP) is 0.938. The monoisotopic (exact) mass is 386 g/mol. The van der Waals surface area contributed by atoms with Gasteiger partial charge in [-0.25, -0.2) is 9.89 Å². The van der Waals surface area contributed by atoms with Gasteiger partial charge in [0.2, 0.25) is 11.6 Å². The summed E-state index contributed by atoms with van der Waals surface area (Å²) < 4.78 is 6.47. The van der Waals surface area contributed by atoms with Crippen molar-refractivity contribution in [3.05, 3.63) is 71.2 Å². The summed E-state index contributed by atoms with van der Waals surface area (Å²) in [6.07, 6.45) is 0. The van der Waals surface area contributed by atoms with Gasteiger partial charge in [-0.05, 0) is 32.0 Å². The van der Waals surface area contributed by atoms with Gasteiger partial charge in [-0.2, -0.15) is 9.94 Å². The van der Waals surface area contributed by atoms with Crippen LogP contribution in [-0.4, -0.2) is 25.0 Å². The second-order valence-corrected chi connectivity index (χ2v) is 5.86. The van der Waals surface area contributed by atoms with Crippen LogP contribution >= 0.6 is 11.6 Å². The van der Waals surface area contributed by atoms with Crippen molar-refractivity contribution in [2.45, 2.75) is 13.8 Å². The van der Waals surface area contributed by atoms with Gasteiger partial charge in [0.15, 0.2) is 0 Å². The standard InChI is InChI=1S/C16H11ClN6O4/c1-7-8(2)15(21-20-13(7)24)27-12-4-3-9(5-10(12)17)23-16(26)19-14(25)11(6-18)22-23/h3-5H,1-2H3,(H,20,24)(H,19,25,26). The van der Waals surface area contributed by atoms with Crippen molar-refractivity contribution >= 4 is 11.6 Å². The highest BCUT2D eigenvalue weighted by atomic mass is 35.5. The molecule has 2 N–H and O–H groups in total. The number of benzene rings is 1. The van der Waals surface area contributed by atoms with Crippen LogP contribution in [0.2, 0.25) is 5.02 Å². The Morgan fingerprint density at radius 2 is 1.93 bits per heavy atom. The Kier molecular flexibility index (Phi) is 4.62. The van der Waals surface area contributed by atoms with Crippen LogP contribution in [0.4, 0.5) is 0 Å². The Labute approximate surface area is 155 Å². The Morgan fingerprint density at radius 1 is 1.19 bits per heavy atom. The molecule has 1 aromatic carbocycles. The van der Waals surface area contributed by atoms with E-state index in [-0.39, 0.29) is 27.9 Å². The minimum Gasteiger partial charge on any atom is -0.436 e. The minimum absolute atomic E-state index is 0.121. The van der Waals surface area contributed by atoms with Crippen LogP contribution in [0.5, 0.6) is 11.6 Å². The Bertz CT molecular complexity index is 1270. The molecule has 0 unspecified atom stereocenters. The molecule has 2 aromatic heterocycles. The van der Waals surface area contributed by atoms with Crippen molar-refractivity contribution in [3.63, 3.8) is 0 Å². The zero-order valence-corrected chi connectivity index (χ0v) is 14.8. The van der Waals surface area contributed by atoms with E-state index in [4.69, 9.17) is 21.6 Å². The van der Waals surface area contributed by atoms with Gasteiger partial charge in [-0.1, -0.05) is 11.6 Å². The van der Waals surface area contributed by atoms with Crippen molar-refractivity contribution in [2.75, 3.05) is 0 Å². The van der Waals surface area contributed by atoms with E-state index < -0.39 is 16.9 Å². The third-order valence-electron chi connectivity index (χ3n) is 3.78. The maximum absolute atomic E-state index is 11.9. The molecule has 0 radical (unpaired) electrons. The number of nitrogens with zero attached hydrogens (tertiary/aromatic N) is 4. The highest BCUT2D eigenvalue weighted by molar-refractivity contribution is 6.32. The number of aromatic nitrogens is 5. The van der Waals surface area contributed by atoms with Gasteiger partial charge in [0.1, 0.15) is 11.8 Å². The second kappa shape index (κ2) is 6.89. The molecule has 0 fully saturated rings. The maximum Gasteiger partial charge on any atom is 0.349 e. The summed E-state index contributed by atoms with van der Waals surface area (Å²) >= 11 is 6.21. The van der Waals surface area contributed by atoms with Gasteiger partial charge < -0.3 is 4.74 Å². The number of hydrogen-bond donors (Lipinski definition) is 2. The predicted molar refractivity (Wildman–Crippen MR) is 94.6 cm³/mol. The average molecular weight is 387 g/mol. The van der Waals surface area contributed by atoms with Crippen LogP contribution in [0.1, 0.15) is 16.8 Å². The molecular weight excluding hydrogens is 376 g/mol. The second-order valence-electron chi connectivity index (χ2n) is 5.46. The SMILES string of the molecule is Cc1c(Oc2ccc(-n3nc(C#N)c(=O)[nH]c3=O)cc2Cl)n[nH]c(=O)c1C. The molecule has 3 aromatic rings. The molecule has 0 atom stereocenters. The first-order valence-electron chi connectivity index (χ1n) is 7.49. The van der Waals surface area contributed by atoms with Crippen LogP contribution < -0.4 is 21.5 Å². The molecule has 3 rings (SSSR count). The van der Waals surface area contributed by atoms with E-state index in [1.165, 1.54) is 18.2 Å². The lowest BCUT2D eigenvalue weighted by Gasteiger charge is -2.11. The largest absolute Gasteiger partial charge is 0.436 e. The zero-order chi connectivity index (χ0) is 19.7. The lowest BCUT2D eigenvalue weighted by atomic mass is 10.2. The summed E-state index contributed by atoms with van der Waals surface area (Å²) in [5, 5.41) is 18.9. The van der Waals surface area contributed by atoms with Crippen molar-refractivity contribution in [3.8, 4) is 23.4 Å². The Balaban J connectivity index is 2.02. The number of halogens is 1. The van der Waals surface area contributed by atoms with Crippen LogP contribution in [0, 0.1) is 25.2 Å². The molecule has 0 aliphatic heterocycles. The molecule has 11 heteroatoms. The number of H-pyrrole nitrogens is 2. The molecule has 136 valence electrons. The maximum atomic E-state index is 11.9. The molecule has 0 saturated heterocycles. The number of ether oxygens (including phenoxy) is 1. The Morgan fingerprint density at radius 3 is 2.59 bits per heavy atom. The first-order valence-corrected chi connectivity index (χ1v) is 7.87. The third-order valence-corrected chi connectivity index (χ3v) is 4.08. The van der Waals surface area contributed by atoms with Gasteiger partial charge in [-0.3, -0.25) is 14.6 Å². The van der Waals surface area contributed by atoms with E-state index in [2.05, 4.69) is 15.3 Å². The zero-order valence-electron chi connectivity index (χ0n) is 14.0. The van der Waals surface area contributed by atoms with E-state index in [0.29, 0.717) is 11.1 Å². The van der Waals surface area contributed by atoms with Crippen molar-refractivity contribution in [2.24, 2.45) is 0 Å². The fraction of sp³-hybridized carbons (Fsp3) is 0.125. The normalized spacial score (nSPS) is 10.4. The van der Waals surface area contributed by atoms with Crippen LogP contribution in [0.3, 0.4) is 0 Å². The first-order chi connectivity index (χ1) is 12.8. The third kappa shape index (κ3) is 3.36. The van der Waals surface area contributed by atoms with E-state index in [0.717, 1.165) is 4.68 Å². The molecule has 0 aliphatic carbocycles. The van der Waals surface area contributed by atoms with Crippen LogP contribution in [0.25, 0.3) is 5.69 Å². The number of aromatic amines is 2. The Hall–Kier alpha value is -3.71. The number of nitrogens with one attached hydrogen (secondary N) is 2. The lowest BCUT2D eigenvalue weighted by Crippen LogP contribution is -2.33. The van der Waals surface area contributed by atoms with Crippen molar-refractivity contribution < 1.29 is 4.74 Å². The summed E-state index contributed by atoms with van der Waals surface area (Å²) in [4.78, 5) is 36.9. The smallest absolute Gasteiger partial charge is 0.349 e. The molecule has 0 saturated carbocycles. The molecule has 0 amide bonds. The summed E-state index contributed by atoms with van der Waals surface area (Å²) in [6, 6.07) is 5.90. The summed E-state index contributed by atoms with van der Waals surface area (Å²) in [6.45, 7) is 3.32. The van der Waals surface area contributed by atoms with Crippen molar-refractivity contribution in [1.29, 1.82) is 5.26 Å². The molecule has 0 bridgehead atoms. The molecule has 27 heavy (non-hydrogen) atoms. The highest BCUT2D eigenvalue weighted by Gasteiger charge is 2.13. The van der Waals surface area contributed by atoms with E-state index >= 15 is 0 Å². The summed E-state index contributed by atoms with van der Waals surface area (Å²) in [7, 11) is 0. The molecule has 2 heterocycles. The molecule has 0 spiro atoms. The quantitative estimate of drug-likeness (QED) is 0.680. The number of nitriles is 1. The summed E-state index contributed by atoms with van der Waals surface area (Å²) in [5.74, 6) is 0.397. The number of hydrogen-bond acceptors (Lipinski definition) is 7. The van der Waals surface area contributed by atoms with E-state index in [1.807, 2.05) is 4.98 Å². The van der Waals surface area contributed by atoms with Crippen LogP contribution in [0.15, 0.2) is 32.6 Å². The highest BCUT2D eigenvalue weighted by Crippen LogP contribution is 2.31. The molecule has 10 nitrogen and oxygen atoms in total. The van der Waals surface area contributed by atoms with E-state index in [9.17, 15) is 14.4 Å². The molecular formula is C16H11ClN6O4. The fourth-order valence-electron chi connectivity index (χ4n) is 2.16. The van der Waals surface area contributed by atoms with Gasteiger partial charge in [0.05, 0.1) is 10.7 Å². The van der Waals surface area contributed by atoms with Crippen LogP contribution in [-0.2, 0) is 0 Å².